The lowest BCUT2D eigenvalue weighted by atomic mass is 10.1. The fraction of sp³-hybridized carbons (Fsp3) is 0.154. The average molecular weight is 240 g/mol. The number of aromatic nitrogens is 3. The van der Waals surface area contributed by atoms with Crippen molar-refractivity contribution in [2.45, 2.75) is 6.54 Å². The van der Waals surface area contributed by atoms with Crippen molar-refractivity contribution < 1.29 is 4.74 Å². The Balaban J connectivity index is 2.50. The third-order valence-electron chi connectivity index (χ3n) is 2.51. The molecule has 0 aliphatic carbocycles. The molecule has 2 rings (SSSR count). The van der Waals surface area contributed by atoms with Crippen LogP contribution in [-0.4, -0.2) is 22.1 Å². The van der Waals surface area contributed by atoms with Gasteiger partial charge in [-0.25, -0.2) is 4.68 Å². The van der Waals surface area contributed by atoms with E-state index in [0.717, 1.165) is 11.3 Å². The summed E-state index contributed by atoms with van der Waals surface area (Å²) in [6, 6.07) is 9.46. The Morgan fingerprint density at radius 1 is 1.44 bits per heavy atom. The summed E-state index contributed by atoms with van der Waals surface area (Å²) in [6.45, 7) is 4.17. The molecule has 0 amide bonds. The van der Waals surface area contributed by atoms with Gasteiger partial charge in [0.05, 0.1) is 13.7 Å². The van der Waals surface area contributed by atoms with Gasteiger partial charge in [-0.15, -0.1) is 11.7 Å². The molecule has 0 unspecified atom stereocenters. The summed E-state index contributed by atoms with van der Waals surface area (Å²) in [4.78, 5) is 0. The summed E-state index contributed by atoms with van der Waals surface area (Å²) < 4.78 is 6.75. The molecule has 18 heavy (non-hydrogen) atoms. The lowest BCUT2D eigenvalue weighted by Crippen LogP contribution is -2.00. The van der Waals surface area contributed by atoms with Gasteiger partial charge in [-0.1, -0.05) is 11.3 Å². The van der Waals surface area contributed by atoms with Crippen molar-refractivity contribution in [3.8, 4) is 23.1 Å². The molecule has 5 nitrogen and oxygen atoms in total. The van der Waals surface area contributed by atoms with Crippen molar-refractivity contribution in [1.82, 2.24) is 15.0 Å². The lowest BCUT2D eigenvalue weighted by Gasteiger charge is -2.05. The standard InChI is InChI=1S/C13H12N4O/c1-3-8-17-13(12(9-14)15-16-17)10-4-6-11(18-2)7-5-10/h3-7H,1,8H2,2H3. The molecule has 5 heteroatoms. The van der Waals surface area contributed by atoms with Crippen molar-refractivity contribution in [2.24, 2.45) is 0 Å². The highest BCUT2D eigenvalue weighted by atomic mass is 16.5. The van der Waals surface area contributed by atoms with Crippen LogP contribution in [0.1, 0.15) is 5.69 Å². The van der Waals surface area contributed by atoms with E-state index in [2.05, 4.69) is 16.9 Å². The average Bonchev–Trinajstić information content (AvgIpc) is 2.82. The zero-order valence-electron chi connectivity index (χ0n) is 10.00. The van der Waals surface area contributed by atoms with E-state index in [1.807, 2.05) is 30.3 Å². The summed E-state index contributed by atoms with van der Waals surface area (Å²) in [7, 11) is 1.61. The van der Waals surface area contributed by atoms with Crippen LogP contribution in [0.25, 0.3) is 11.3 Å². The van der Waals surface area contributed by atoms with Crippen molar-refractivity contribution in [1.29, 1.82) is 5.26 Å². The highest BCUT2D eigenvalue weighted by molar-refractivity contribution is 5.65. The van der Waals surface area contributed by atoms with E-state index >= 15 is 0 Å². The summed E-state index contributed by atoms with van der Waals surface area (Å²) >= 11 is 0. The third-order valence-corrected chi connectivity index (χ3v) is 2.51. The summed E-state index contributed by atoms with van der Waals surface area (Å²) in [6.07, 6.45) is 1.71. The second-order valence-electron chi connectivity index (χ2n) is 3.60. The van der Waals surface area contributed by atoms with Crippen LogP contribution < -0.4 is 4.74 Å². The molecule has 0 fully saturated rings. The molecule has 1 aromatic heterocycles. The van der Waals surface area contributed by atoms with Crippen LogP contribution in [0.2, 0.25) is 0 Å². The molecule has 0 spiro atoms. The first-order chi connectivity index (χ1) is 8.80. The number of methoxy groups -OCH3 is 1. The van der Waals surface area contributed by atoms with Gasteiger partial charge in [0.25, 0.3) is 0 Å². The predicted molar refractivity (Wildman–Crippen MR) is 66.9 cm³/mol. The van der Waals surface area contributed by atoms with Crippen LogP contribution in [0.5, 0.6) is 5.75 Å². The molecule has 0 radical (unpaired) electrons. The van der Waals surface area contributed by atoms with Crippen LogP contribution >= 0.6 is 0 Å². The quantitative estimate of drug-likeness (QED) is 0.767. The van der Waals surface area contributed by atoms with E-state index in [1.54, 1.807) is 17.9 Å². The van der Waals surface area contributed by atoms with E-state index < -0.39 is 0 Å². The maximum atomic E-state index is 9.05. The van der Waals surface area contributed by atoms with Gasteiger partial charge in [0.2, 0.25) is 0 Å². The second-order valence-corrected chi connectivity index (χ2v) is 3.60. The first-order valence-electron chi connectivity index (χ1n) is 5.39. The zero-order valence-corrected chi connectivity index (χ0v) is 10.00. The van der Waals surface area contributed by atoms with Crippen LogP contribution in [0, 0.1) is 11.3 Å². The fourth-order valence-corrected chi connectivity index (χ4v) is 1.67. The van der Waals surface area contributed by atoms with Gasteiger partial charge in [0, 0.05) is 5.56 Å². The first kappa shape index (κ1) is 11.9. The normalized spacial score (nSPS) is 9.78. The molecule has 0 bridgehead atoms. The number of benzene rings is 1. The Morgan fingerprint density at radius 3 is 2.72 bits per heavy atom. The maximum absolute atomic E-state index is 9.05. The number of rotatable bonds is 4. The minimum absolute atomic E-state index is 0.307. The number of ether oxygens (including phenoxy) is 1. The monoisotopic (exact) mass is 240 g/mol. The Kier molecular flexibility index (Phi) is 3.39. The highest BCUT2D eigenvalue weighted by Crippen LogP contribution is 2.24. The summed E-state index contributed by atoms with van der Waals surface area (Å²) in [5.41, 5.74) is 1.88. The topological polar surface area (TPSA) is 63.7 Å². The molecule has 0 saturated carbocycles. The minimum Gasteiger partial charge on any atom is -0.497 e. The smallest absolute Gasteiger partial charge is 0.190 e. The van der Waals surface area contributed by atoms with Crippen LogP contribution in [0.15, 0.2) is 36.9 Å². The van der Waals surface area contributed by atoms with Gasteiger partial charge < -0.3 is 4.74 Å². The van der Waals surface area contributed by atoms with Crippen molar-refractivity contribution >= 4 is 0 Å². The zero-order chi connectivity index (χ0) is 13.0. The lowest BCUT2D eigenvalue weighted by molar-refractivity contribution is 0.415. The SMILES string of the molecule is C=CCn1nnc(C#N)c1-c1ccc(OC)cc1. The molecule has 0 atom stereocenters. The van der Waals surface area contributed by atoms with Gasteiger partial charge in [0.15, 0.2) is 5.69 Å². The van der Waals surface area contributed by atoms with Crippen molar-refractivity contribution in [2.75, 3.05) is 7.11 Å². The minimum atomic E-state index is 0.307. The maximum Gasteiger partial charge on any atom is 0.190 e. The largest absolute Gasteiger partial charge is 0.497 e. The molecule has 0 N–H and O–H groups in total. The van der Waals surface area contributed by atoms with E-state index in [-0.39, 0.29) is 0 Å². The molecule has 0 saturated heterocycles. The number of hydrogen-bond donors (Lipinski definition) is 0. The highest BCUT2D eigenvalue weighted by Gasteiger charge is 2.13. The van der Waals surface area contributed by atoms with Gasteiger partial charge in [-0.3, -0.25) is 0 Å². The molecular weight excluding hydrogens is 228 g/mol. The number of nitrogens with zero attached hydrogens (tertiary/aromatic N) is 4. The Labute approximate surface area is 105 Å². The van der Waals surface area contributed by atoms with Crippen LogP contribution in [-0.2, 0) is 6.54 Å². The fourth-order valence-electron chi connectivity index (χ4n) is 1.67. The first-order valence-corrected chi connectivity index (χ1v) is 5.39. The van der Waals surface area contributed by atoms with E-state index in [1.165, 1.54) is 0 Å². The molecular formula is C13H12N4O. The van der Waals surface area contributed by atoms with Gasteiger partial charge in [-0.2, -0.15) is 5.26 Å². The van der Waals surface area contributed by atoms with Crippen LogP contribution in [0.3, 0.4) is 0 Å². The van der Waals surface area contributed by atoms with E-state index in [4.69, 9.17) is 10.00 Å². The number of hydrogen-bond acceptors (Lipinski definition) is 4. The van der Waals surface area contributed by atoms with Crippen LogP contribution in [0.4, 0.5) is 0 Å². The molecule has 1 heterocycles. The summed E-state index contributed by atoms with van der Waals surface area (Å²) in [5.74, 6) is 0.764. The van der Waals surface area contributed by atoms with Crippen molar-refractivity contribution in [3.63, 3.8) is 0 Å². The van der Waals surface area contributed by atoms with Crippen molar-refractivity contribution in [3.05, 3.63) is 42.6 Å². The predicted octanol–water partition coefficient (Wildman–Crippen LogP) is 2.01. The summed E-state index contributed by atoms with van der Waals surface area (Å²) in [5, 5.41) is 16.8. The Bertz CT molecular complexity index is 592. The molecule has 90 valence electrons. The molecule has 1 aromatic carbocycles. The molecule has 2 aromatic rings. The second kappa shape index (κ2) is 5.15. The third kappa shape index (κ3) is 2.09. The molecule has 0 aliphatic rings. The van der Waals surface area contributed by atoms with Gasteiger partial charge in [0.1, 0.15) is 17.5 Å². The van der Waals surface area contributed by atoms with E-state index in [0.29, 0.717) is 17.9 Å². The van der Waals surface area contributed by atoms with E-state index in [9.17, 15) is 0 Å². The van der Waals surface area contributed by atoms with Gasteiger partial charge >= 0.3 is 0 Å². The Hall–Kier alpha value is -2.61. The molecule has 0 aliphatic heterocycles. The number of nitriles is 1. The van der Waals surface area contributed by atoms with Gasteiger partial charge in [-0.05, 0) is 24.3 Å². The Morgan fingerprint density at radius 2 is 2.17 bits per heavy atom. The number of allylic oxidation sites excluding steroid dienone is 1.